The van der Waals surface area contributed by atoms with Crippen LogP contribution in [0, 0.1) is 6.92 Å². The highest BCUT2D eigenvalue weighted by atomic mass is 35.5. The Labute approximate surface area is 206 Å². The second-order valence-electron chi connectivity index (χ2n) is 7.36. The van der Waals surface area contributed by atoms with Crippen molar-refractivity contribution >= 4 is 40.9 Å². The summed E-state index contributed by atoms with van der Waals surface area (Å²) in [5.74, 6) is 0.0631. The van der Waals surface area contributed by atoms with Crippen molar-refractivity contribution in [1.29, 1.82) is 0 Å². The van der Waals surface area contributed by atoms with Crippen molar-refractivity contribution < 1.29 is 14.3 Å². The fraction of sp³-hybridized carbons (Fsp3) is 0.120. The van der Waals surface area contributed by atoms with E-state index in [1.54, 1.807) is 30.3 Å². The minimum Gasteiger partial charge on any atom is -0.465 e. The number of carbonyl (C=O) groups is 2. The van der Waals surface area contributed by atoms with E-state index in [4.69, 9.17) is 11.6 Å². The summed E-state index contributed by atoms with van der Waals surface area (Å²) in [4.78, 5) is 24.1. The molecule has 1 aromatic heterocycles. The highest BCUT2D eigenvalue weighted by Gasteiger charge is 2.19. The highest BCUT2D eigenvalue weighted by molar-refractivity contribution is 7.99. The maximum Gasteiger partial charge on any atom is 0.337 e. The van der Waals surface area contributed by atoms with Gasteiger partial charge in [-0.25, -0.2) is 4.79 Å². The van der Waals surface area contributed by atoms with Crippen molar-refractivity contribution in [2.45, 2.75) is 12.1 Å². The van der Waals surface area contributed by atoms with Crippen LogP contribution in [0.25, 0.3) is 17.1 Å². The number of anilines is 1. The van der Waals surface area contributed by atoms with Gasteiger partial charge >= 0.3 is 5.97 Å². The molecule has 1 amide bonds. The quantitative estimate of drug-likeness (QED) is 0.274. The molecule has 1 N–H and O–H groups in total. The van der Waals surface area contributed by atoms with E-state index in [0.29, 0.717) is 27.3 Å². The van der Waals surface area contributed by atoms with Crippen molar-refractivity contribution in [2.75, 3.05) is 18.2 Å². The average molecular weight is 493 g/mol. The number of ether oxygens (including phenoxy) is 1. The van der Waals surface area contributed by atoms with E-state index in [1.807, 2.05) is 54.0 Å². The lowest BCUT2D eigenvalue weighted by Crippen LogP contribution is -2.14. The number of halogens is 1. The summed E-state index contributed by atoms with van der Waals surface area (Å²) in [6.07, 6.45) is 0. The number of aromatic nitrogens is 3. The standard InChI is InChI=1S/C25H21ClN4O3S/c1-16-7-13-19(14-8-16)30-23(20-5-3-4-6-21(20)26)28-29-25(30)34-15-22(31)27-18-11-9-17(10-12-18)24(32)33-2/h3-14H,15H2,1-2H3,(H,27,31). The van der Waals surface area contributed by atoms with Crippen LogP contribution in [0.4, 0.5) is 5.69 Å². The molecule has 0 unspecified atom stereocenters. The molecule has 0 aliphatic rings. The molecule has 9 heteroatoms. The summed E-state index contributed by atoms with van der Waals surface area (Å²) in [6, 6.07) is 21.9. The third-order valence-electron chi connectivity index (χ3n) is 4.96. The molecule has 0 saturated carbocycles. The number of nitrogens with zero attached hydrogens (tertiary/aromatic N) is 3. The predicted octanol–water partition coefficient (Wildman–Crippen LogP) is 5.41. The molecule has 172 valence electrons. The highest BCUT2D eigenvalue weighted by Crippen LogP contribution is 2.32. The molecule has 34 heavy (non-hydrogen) atoms. The van der Waals surface area contributed by atoms with Crippen LogP contribution in [0.5, 0.6) is 0 Å². The summed E-state index contributed by atoms with van der Waals surface area (Å²) >= 11 is 7.70. The third kappa shape index (κ3) is 5.30. The van der Waals surface area contributed by atoms with Crippen molar-refractivity contribution in [2.24, 2.45) is 0 Å². The van der Waals surface area contributed by atoms with Crippen LogP contribution in [0.2, 0.25) is 5.02 Å². The van der Waals surface area contributed by atoms with Crippen molar-refractivity contribution in [3.8, 4) is 17.1 Å². The monoisotopic (exact) mass is 492 g/mol. The SMILES string of the molecule is COC(=O)c1ccc(NC(=O)CSc2nnc(-c3ccccc3Cl)n2-c2ccc(C)cc2)cc1. The van der Waals surface area contributed by atoms with Crippen LogP contribution >= 0.6 is 23.4 Å². The average Bonchev–Trinajstić information content (AvgIpc) is 3.27. The summed E-state index contributed by atoms with van der Waals surface area (Å²) in [5.41, 5.74) is 3.73. The zero-order chi connectivity index (χ0) is 24.1. The van der Waals surface area contributed by atoms with Gasteiger partial charge in [0.15, 0.2) is 11.0 Å². The van der Waals surface area contributed by atoms with Gasteiger partial charge in [-0.05, 0) is 55.5 Å². The van der Waals surface area contributed by atoms with Gasteiger partial charge in [0.05, 0.1) is 23.4 Å². The van der Waals surface area contributed by atoms with E-state index < -0.39 is 5.97 Å². The van der Waals surface area contributed by atoms with Crippen LogP contribution in [0.3, 0.4) is 0 Å². The molecule has 0 aliphatic carbocycles. The molecule has 4 rings (SSSR count). The minimum atomic E-state index is -0.432. The van der Waals surface area contributed by atoms with Gasteiger partial charge in [0.2, 0.25) is 5.91 Å². The fourth-order valence-corrected chi connectivity index (χ4v) is 4.21. The summed E-state index contributed by atoms with van der Waals surface area (Å²) < 4.78 is 6.58. The summed E-state index contributed by atoms with van der Waals surface area (Å²) in [5, 5.41) is 12.7. The Morgan fingerprint density at radius 3 is 2.38 bits per heavy atom. The van der Waals surface area contributed by atoms with Gasteiger partial charge in [-0.1, -0.05) is 53.2 Å². The molecule has 0 fully saturated rings. The second-order valence-corrected chi connectivity index (χ2v) is 8.71. The van der Waals surface area contributed by atoms with E-state index in [0.717, 1.165) is 16.8 Å². The summed E-state index contributed by atoms with van der Waals surface area (Å²) in [7, 11) is 1.32. The normalized spacial score (nSPS) is 10.7. The largest absolute Gasteiger partial charge is 0.465 e. The number of rotatable bonds is 7. The molecule has 0 aliphatic heterocycles. The minimum absolute atomic E-state index is 0.116. The Morgan fingerprint density at radius 2 is 1.71 bits per heavy atom. The lowest BCUT2D eigenvalue weighted by Gasteiger charge is -2.12. The molecule has 7 nitrogen and oxygen atoms in total. The Bertz CT molecular complexity index is 1320. The zero-order valence-electron chi connectivity index (χ0n) is 18.5. The number of hydrogen-bond acceptors (Lipinski definition) is 6. The first-order valence-corrected chi connectivity index (χ1v) is 11.7. The van der Waals surface area contributed by atoms with E-state index in [1.165, 1.54) is 18.9 Å². The molecule has 3 aromatic carbocycles. The molecule has 0 atom stereocenters. The number of nitrogens with one attached hydrogen (secondary N) is 1. The zero-order valence-corrected chi connectivity index (χ0v) is 20.1. The molecular formula is C25H21ClN4O3S. The van der Waals surface area contributed by atoms with Crippen LogP contribution in [-0.2, 0) is 9.53 Å². The Balaban J connectivity index is 1.55. The van der Waals surface area contributed by atoms with Gasteiger partial charge in [-0.15, -0.1) is 10.2 Å². The number of esters is 1. The third-order valence-corrected chi connectivity index (χ3v) is 6.22. The van der Waals surface area contributed by atoms with E-state index >= 15 is 0 Å². The Kier molecular flexibility index (Phi) is 7.30. The number of benzene rings is 3. The van der Waals surface area contributed by atoms with Gasteiger partial charge in [0.1, 0.15) is 0 Å². The van der Waals surface area contributed by atoms with E-state index in [-0.39, 0.29) is 11.7 Å². The lowest BCUT2D eigenvalue weighted by molar-refractivity contribution is -0.113. The molecule has 0 radical (unpaired) electrons. The fourth-order valence-electron chi connectivity index (χ4n) is 3.24. The molecule has 0 saturated heterocycles. The van der Waals surface area contributed by atoms with Gasteiger partial charge < -0.3 is 10.1 Å². The molecule has 0 spiro atoms. The van der Waals surface area contributed by atoms with Crippen LogP contribution in [-0.4, -0.2) is 39.5 Å². The molecule has 1 heterocycles. The van der Waals surface area contributed by atoms with Gasteiger partial charge in [-0.2, -0.15) is 0 Å². The number of hydrogen-bond donors (Lipinski definition) is 1. The number of aryl methyl sites for hydroxylation is 1. The second kappa shape index (κ2) is 10.5. The number of methoxy groups -OCH3 is 1. The topological polar surface area (TPSA) is 86.1 Å². The van der Waals surface area contributed by atoms with E-state index in [2.05, 4.69) is 20.3 Å². The van der Waals surface area contributed by atoms with Crippen LogP contribution in [0.15, 0.2) is 78.0 Å². The predicted molar refractivity (Wildman–Crippen MR) is 134 cm³/mol. The Morgan fingerprint density at radius 1 is 1.00 bits per heavy atom. The number of carbonyl (C=O) groups excluding carboxylic acids is 2. The lowest BCUT2D eigenvalue weighted by atomic mass is 10.2. The summed E-state index contributed by atoms with van der Waals surface area (Å²) in [6.45, 7) is 2.02. The van der Waals surface area contributed by atoms with Crippen LogP contribution in [0.1, 0.15) is 15.9 Å². The van der Waals surface area contributed by atoms with Gasteiger partial charge in [-0.3, -0.25) is 9.36 Å². The molecule has 4 aromatic rings. The van der Waals surface area contributed by atoms with Gasteiger partial charge in [0, 0.05) is 16.9 Å². The number of amides is 1. The first-order chi connectivity index (χ1) is 16.5. The molecule has 0 bridgehead atoms. The van der Waals surface area contributed by atoms with Crippen LogP contribution < -0.4 is 5.32 Å². The number of thioether (sulfide) groups is 1. The molecular weight excluding hydrogens is 472 g/mol. The first kappa shape index (κ1) is 23.5. The smallest absolute Gasteiger partial charge is 0.337 e. The first-order valence-electron chi connectivity index (χ1n) is 10.3. The Hall–Kier alpha value is -3.62. The van der Waals surface area contributed by atoms with Crippen molar-refractivity contribution in [3.05, 3.63) is 88.9 Å². The van der Waals surface area contributed by atoms with Crippen molar-refractivity contribution in [3.63, 3.8) is 0 Å². The maximum absolute atomic E-state index is 12.6. The van der Waals surface area contributed by atoms with Gasteiger partial charge in [0.25, 0.3) is 0 Å². The maximum atomic E-state index is 12.6. The van der Waals surface area contributed by atoms with E-state index in [9.17, 15) is 9.59 Å². The van der Waals surface area contributed by atoms with Crippen molar-refractivity contribution in [1.82, 2.24) is 14.8 Å².